The Hall–Kier alpha value is -0.860. The third-order valence-electron chi connectivity index (χ3n) is 3.17. The van der Waals surface area contributed by atoms with Crippen LogP contribution >= 0.6 is 0 Å². The molecule has 1 aliphatic rings. The molecule has 1 aromatic rings. The number of hydrogen-bond donors (Lipinski definition) is 1. The topological polar surface area (TPSA) is 29.5 Å². The average Bonchev–Trinajstić information content (AvgIpc) is 2.20. The number of methoxy groups -OCH3 is 1. The zero-order chi connectivity index (χ0) is 10.7. The van der Waals surface area contributed by atoms with E-state index in [0.717, 1.165) is 12.8 Å². The second kappa shape index (κ2) is 4.77. The van der Waals surface area contributed by atoms with Gasteiger partial charge in [0, 0.05) is 7.11 Å². The van der Waals surface area contributed by atoms with Crippen molar-refractivity contribution in [3.05, 3.63) is 35.4 Å². The van der Waals surface area contributed by atoms with Crippen LogP contribution in [0.4, 0.5) is 0 Å². The predicted molar refractivity (Wildman–Crippen MR) is 60.0 cm³/mol. The quantitative estimate of drug-likeness (QED) is 0.799. The van der Waals surface area contributed by atoms with Crippen LogP contribution in [0.15, 0.2) is 24.3 Å². The number of benzene rings is 1. The number of fused-ring (bicyclic) bond motifs is 1. The summed E-state index contributed by atoms with van der Waals surface area (Å²) in [6, 6.07) is 8.58. The van der Waals surface area contributed by atoms with Crippen LogP contribution in [-0.2, 0) is 11.2 Å². The lowest BCUT2D eigenvalue weighted by Crippen LogP contribution is -2.20. The van der Waals surface area contributed by atoms with E-state index in [1.54, 1.807) is 7.11 Å². The first-order valence-corrected chi connectivity index (χ1v) is 5.56. The second-order valence-electron chi connectivity index (χ2n) is 4.29. The Morgan fingerprint density at radius 1 is 1.47 bits per heavy atom. The maximum absolute atomic E-state index is 9.54. The zero-order valence-electron chi connectivity index (χ0n) is 9.15. The minimum absolute atomic E-state index is 0.303. The van der Waals surface area contributed by atoms with Crippen LogP contribution in [0.1, 0.15) is 29.9 Å². The average molecular weight is 206 g/mol. The summed E-state index contributed by atoms with van der Waals surface area (Å²) in [7, 11) is 1.63. The summed E-state index contributed by atoms with van der Waals surface area (Å²) < 4.78 is 4.91. The van der Waals surface area contributed by atoms with E-state index in [-0.39, 0.29) is 6.10 Å². The van der Waals surface area contributed by atoms with Crippen molar-refractivity contribution in [1.29, 1.82) is 0 Å². The van der Waals surface area contributed by atoms with Gasteiger partial charge in [-0.15, -0.1) is 0 Å². The fourth-order valence-electron chi connectivity index (χ4n) is 2.29. The van der Waals surface area contributed by atoms with Gasteiger partial charge < -0.3 is 9.84 Å². The van der Waals surface area contributed by atoms with Crippen LogP contribution in [0, 0.1) is 0 Å². The highest BCUT2D eigenvalue weighted by molar-refractivity contribution is 5.39. The molecular formula is C13H18O2. The number of aliphatic hydroxyl groups is 1. The maximum Gasteiger partial charge on any atom is 0.0773 e. The van der Waals surface area contributed by atoms with E-state index in [4.69, 9.17) is 4.74 Å². The van der Waals surface area contributed by atoms with Gasteiger partial charge in [-0.25, -0.2) is 0 Å². The molecule has 0 fully saturated rings. The molecule has 0 saturated carbocycles. The monoisotopic (exact) mass is 206 g/mol. The first-order valence-electron chi connectivity index (χ1n) is 5.56. The molecule has 0 aromatic heterocycles. The minimum Gasteiger partial charge on any atom is -0.391 e. The van der Waals surface area contributed by atoms with Gasteiger partial charge in [-0.2, -0.15) is 0 Å². The Labute approximate surface area is 90.9 Å². The number of rotatable bonds is 5. The first-order chi connectivity index (χ1) is 7.31. The van der Waals surface area contributed by atoms with E-state index in [9.17, 15) is 5.11 Å². The number of aliphatic hydroxyl groups excluding tert-OH is 1. The van der Waals surface area contributed by atoms with Gasteiger partial charge in [0.25, 0.3) is 0 Å². The van der Waals surface area contributed by atoms with Gasteiger partial charge in [0.05, 0.1) is 12.7 Å². The van der Waals surface area contributed by atoms with Crippen LogP contribution in [0.25, 0.3) is 0 Å². The molecule has 0 bridgehead atoms. The highest BCUT2D eigenvalue weighted by Gasteiger charge is 2.25. The molecule has 0 aliphatic heterocycles. The first kappa shape index (κ1) is 10.7. The Balaban J connectivity index is 1.80. The van der Waals surface area contributed by atoms with E-state index in [1.807, 2.05) is 0 Å². The lowest BCUT2D eigenvalue weighted by atomic mass is 9.75. The van der Waals surface area contributed by atoms with Crippen LogP contribution in [0.3, 0.4) is 0 Å². The second-order valence-corrected chi connectivity index (χ2v) is 4.29. The molecule has 2 rings (SSSR count). The summed E-state index contributed by atoms with van der Waals surface area (Å²) in [5.74, 6) is 0.660. The van der Waals surface area contributed by atoms with E-state index >= 15 is 0 Å². The van der Waals surface area contributed by atoms with E-state index in [1.165, 1.54) is 17.5 Å². The van der Waals surface area contributed by atoms with Crippen molar-refractivity contribution >= 4 is 0 Å². The van der Waals surface area contributed by atoms with Crippen molar-refractivity contribution in [3.63, 3.8) is 0 Å². The fraction of sp³-hybridized carbons (Fsp3) is 0.538. The molecule has 2 atom stereocenters. The lowest BCUT2D eigenvalue weighted by Gasteiger charge is -2.30. The van der Waals surface area contributed by atoms with Gasteiger partial charge in [0.1, 0.15) is 0 Å². The molecule has 1 aromatic carbocycles. The van der Waals surface area contributed by atoms with E-state index in [0.29, 0.717) is 12.5 Å². The Bertz CT molecular complexity index is 322. The van der Waals surface area contributed by atoms with Gasteiger partial charge in [-0.05, 0) is 36.3 Å². The van der Waals surface area contributed by atoms with Crippen LogP contribution in [-0.4, -0.2) is 24.9 Å². The normalized spacial score (nSPS) is 20.5. The van der Waals surface area contributed by atoms with E-state index < -0.39 is 0 Å². The molecule has 2 unspecified atom stereocenters. The molecule has 1 N–H and O–H groups in total. The van der Waals surface area contributed by atoms with Crippen LogP contribution in [0.5, 0.6) is 0 Å². The number of hydrogen-bond acceptors (Lipinski definition) is 2. The standard InChI is InChI=1S/C13H18O2/c1-15-9-12(14)7-6-11-8-10-4-2-3-5-13(10)11/h2-5,11-12,14H,6-9H2,1H3. The van der Waals surface area contributed by atoms with Crippen molar-refractivity contribution in [2.45, 2.75) is 31.3 Å². The predicted octanol–water partition coefficient (Wildman–Crippen LogP) is 2.11. The summed E-state index contributed by atoms with van der Waals surface area (Å²) in [6.07, 6.45) is 2.78. The van der Waals surface area contributed by atoms with Crippen LogP contribution in [0.2, 0.25) is 0 Å². The SMILES string of the molecule is COCC(O)CCC1Cc2ccccc21. The van der Waals surface area contributed by atoms with Crippen molar-refractivity contribution < 1.29 is 9.84 Å². The molecule has 2 nitrogen and oxygen atoms in total. The third-order valence-corrected chi connectivity index (χ3v) is 3.17. The highest BCUT2D eigenvalue weighted by Crippen LogP contribution is 2.38. The molecule has 1 aliphatic carbocycles. The van der Waals surface area contributed by atoms with Gasteiger partial charge in [0.15, 0.2) is 0 Å². The van der Waals surface area contributed by atoms with Gasteiger partial charge in [-0.1, -0.05) is 24.3 Å². The van der Waals surface area contributed by atoms with Crippen molar-refractivity contribution in [2.24, 2.45) is 0 Å². The van der Waals surface area contributed by atoms with Crippen molar-refractivity contribution in [3.8, 4) is 0 Å². The molecule has 0 radical (unpaired) electrons. The molecule has 15 heavy (non-hydrogen) atoms. The molecule has 2 heteroatoms. The molecular weight excluding hydrogens is 188 g/mol. The summed E-state index contributed by atoms with van der Waals surface area (Å²) in [6.45, 7) is 0.453. The summed E-state index contributed by atoms with van der Waals surface area (Å²) in [5, 5.41) is 9.54. The van der Waals surface area contributed by atoms with Gasteiger partial charge in [-0.3, -0.25) is 0 Å². The largest absolute Gasteiger partial charge is 0.391 e. The van der Waals surface area contributed by atoms with Crippen molar-refractivity contribution in [1.82, 2.24) is 0 Å². The molecule has 0 heterocycles. The molecule has 0 saturated heterocycles. The molecule has 0 spiro atoms. The summed E-state index contributed by atoms with van der Waals surface area (Å²) in [4.78, 5) is 0. The highest BCUT2D eigenvalue weighted by atomic mass is 16.5. The third kappa shape index (κ3) is 2.39. The van der Waals surface area contributed by atoms with Crippen LogP contribution < -0.4 is 0 Å². The maximum atomic E-state index is 9.54. The minimum atomic E-state index is -0.303. The van der Waals surface area contributed by atoms with Crippen molar-refractivity contribution in [2.75, 3.05) is 13.7 Å². The van der Waals surface area contributed by atoms with E-state index in [2.05, 4.69) is 24.3 Å². The number of ether oxygens (including phenoxy) is 1. The molecule has 0 amide bonds. The zero-order valence-corrected chi connectivity index (χ0v) is 9.15. The van der Waals surface area contributed by atoms with Gasteiger partial charge in [0.2, 0.25) is 0 Å². The van der Waals surface area contributed by atoms with Gasteiger partial charge >= 0.3 is 0 Å². The summed E-state index contributed by atoms with van der Waals surface area (Å²) in [5.41, 5.74) is 2.95. The molecule has 82 valence electrons. The fourth-order valence-corrected chi connectivity index (χ4v) is 2.29. The smallest absolute Gasteiger partial charge is 0.0773 e. The summed E-state index contributed by atoms with van der Waals surface area (Å²) >= 11 is 0. The Morgan fingerprint density at radius 3 is 3.00 bits per heavy atom. The Morgan fingerprint density at radius 2 is 2.27 bits per heavy atom. The Kier molecular flexibility index (Phi) is 3.39. The lowest BCUT2D eigenvalue weighted by molar-refractivity contribution is 0.0563.